The summed E-state index contributed by atoms with van der Waals surface area (Å²) in [5, 5.41) is 0. The van der Waals surface area contributed by atoms with Crippen LogP contribution in [0.1, 0.15) is 24.0 Å². The van der Waals surface area contributed by atoms with Gasteiger partial charge in [-0.1, -0.05) is 25.1 Å². The van der Waals surface area contributed by atoms with Gasteiger partial charge in [-0.2, -0.15) is 22.0 Å². The molecule has 96 valence electrons. The van der Waals surface area contributed by atoms with E-state index in [1.54, 1.807) is 6.92 Å². The number of alkyl halides is 5. The van der Waals surface area contributed by atoms with Gasteiger partial charge in [-0.15, -0.1) is 0 Å². The van der Waals surface area contributed by atoms with Crippen LogP contribution in [0.4, 0.5) is 22.0 Å². The van der Waals surface area contributed by atoms with Crippen LogP contribution in [-0.4, -0.2) is 12.7 Å². The average molecular weight is 253 g/mol. The van der Waals surface area contributed by atoms with Gasteiger partial charge in [0.2, 0.25) is 0 Å². The van der Waals surface area contributed by atoms with Gasteiger partial charge in [-0.3, -0.25) is 0 Å². The number of halogens is 5. The normalized spacial score (nSPS) is 14.8. The molecule has 0 radical (unpaired) electrons. The van der Waals surface area contributed by atoms with Crippen LogP contribution >= 0.6 is 0 Å². The minimum atomic E-state index is -5.59. The summed E-state index contributed by atoms with van der Waals surface area (Å²) < 4.78 is 62.6. The lowest BCUT2D eigenvalue weighted by Gasteiger charge is -2.21. The molecule has 0 saturated heterocycles. The molecule has 0 saturated carbocycles. The van der Waals surface area contributed by atoms with Gasteiger partial charge in [-0.25, -0.2) is 0 Å². The first kappa shape index (κ1) is 13.9. The highest BCUT2D eigenvalue weighted by Crippen LogP contribution is 2.44. The summed E-state index contributed by atoms with van der Waals surface area (Å²) in [5.74, 6) is -5.10. The summed E-state index contributed by atoms with van der Waals surface area (Å²) in [5.41, 5.74) is 4.66. The van der Waals surface area contributed by atoms with Crippen LogP contribution in [0.25, 0.3) is 0 Å². The molecular weight excluding hydrogens is 241 g/mol. The molecule has 0 aliphatic carbocycles. The molecule has 0 bridgehead atoms. The quantitative estimate of drug-likeness (QED) is 0.821. The van der Waals surface area contributed by atoms with E-state index in [-0.39, 0.29) is 12.5 Å². The van der Waals surface area contributed by atoms with E-state index >= 15 is 0 Å². The summed E-state index contributed by atoms with van der Waals surface area (Å²) >= 11 is 0. The highest BCUT2D eigenvalue weighted by Gasteiger charge is 2.58. The van der Waals surface area contributed by atoms with Crippen LogP contribution in [0.2, 0.25) is 0 Å². The fourth-order valence-electron chi connectivity index (χ4n) is 1.34. The van der Waals surface area contributed by atoms with Crippen molar-refractivity contribution in [1.82, 2.24) is 0 Å². The maximum Gasteiger partial charge on any atom is 0.458 e. The zero-order chi connectivity index (χ0) is 13.3. The van der Waals surface area contributed by atoms with E-state index in [1.807, 2.05) is 0 Å². The molecule has 1 aromatic carbocycles. The minimum absolute atomic E-state index is 0.182. The zero-order valence-electron chi connectivity index (χ0n) is 9.06. The molecule has 6 heteroatoms. The van der Waals surface area contributed by atoms with Crippen molar-refractivity contribution in [1.29, 1.82) is 0 Å². The second-order valence-electron chi connectivity index (χ2n) is 3.83. The minimum Gasteiger partial charge on any atom is -0.330 e. The number of nitrogens with two attached hydrogens (primary N) is 1. The van der Waals surface area contributed by atoms with E-state index in [2.05, 4.69) is 0 Å². The lowest BCUT2D eigenvalue weighted by molar-refractivity contribution is -0.289. The van der Waals surface area contributed by atoms with Crippen molar-refractivity contribution in [3.8, 4) is 0 Å². The van der Waals surface area contributed by atoms with Crippen molar-refractivity contribution in [3.63, 3.8) is 0 Å². The van der Waals surface area contributed by atoms with Gasteiger partial charge in [-0.05, 0) is 24.1 Å². The molecule has 0 spiro atoms. The van der Waals surface area contributed by atoms with Gasteiger partial charge in [0.05, 0.1) is 0 Å². The Morgan fingerprint density at radius 2 is 1.76 bits per heavy atom. The second kappa shape index (κ2) is 4.60. The van der Waals surface area contributed by atoms with E-state index < -0.39 is 17.7 Å². The Bertz CT molecular complexity index is 386. The fraction of sp³-hybridized carbons (Fsp3) is 0.455. The van der Waals surface area contributed by atoms with Crippen molar-refractivity contribution >= 4 is 0 Å². The molecule has 0 amide bonds. The molecule has 1 nitrogen and oxygen atoms in total. The molecule has 0 fully saturated rings. The highest BCUT2D eigenvalue weighted by atomic mass is 19.4. The van der Waals surface area contributed by atoms with E-state index in [4.69, 9.17) is 5.73 Å². The molecule has 1 aromatic rings. The lowest BCUT2D eigenvalue weighted by atomic mass is 9.97. The predicted octanol–water partition coefficient (Wildman–Crippen LogP) is 3.40. The maximum atomic E-state index is 13.1. The molecule has 0 aliphatic heterocycles. The van der Waals surface area contributed by atoms with Gasteiger partial charge in [0.1, 0.15) is 0 Å². The van der Waals surface area contributed by atoms with Crippen molar-refractivity contribution in [2.75, 3.05) is 6.54 Å². The van der Waals surface area contributed by atoms with Crippen molar-refractivity contribution in [3.05, 3.63) is 35.4 Å². The Morgan fingerprint density at radius 1 is 1.18 bits per heavy atom. The molecule has 0 aliphatic rings. The average Bonchev–Trinajstić information content (AvgIpc) is 2.26. The molecule has 17 heavy (non-hydrogen) atoms. The first-order chi connectivity index (χ1) is 7.70. The highest BCUT2D eigenvalue weighted by molar-refractivity contribution is 5.30. The Kier molecular flexibility index (Phi) is 3.76. The van der Waals surface area contributed by atoms with Crippen LogP contribution in [0.15, 0.2) is 24.3 Å². The number of hydrogen-bond acceptors (Lipinski definition) is 1. The standard InChI is InChI=1S/C11H12F5N/c1-7(6-17)8-3-2-4-9(5-8)10(12,13)11(14,15)16/h2-5,7H,6,17H2,1H3. The van der Waals surface area contributed by atoms with Crippen LogP contribution in [0, 0.1) is 0 Å². The van der Waals surface area contributed by atoms with E-state index in [1.165, 1.54) is 12.1 Å². The van der Waals surface area contributed by atoms with Gasteiger partial charge in [0.15, 0.2) is 0 Å². The van der Waals surface area contributed by atoms with Gasteiger partial charge in [0, 0.05) is 5.56 Å². The molecule has 0 heterocycles. The van der Waals surface area contributed by atoms with Crippen molar-refractivity contribution < 1.29 is 22.0 Å². The van der Waals surface area contributed by atoms with Gasteiger partial charge < -0.3 is 5.73 Å². The summed E-state index contributed by atoms with van der Waals surface area (Å²) in [7, 11) is 0. The van der Waals surface area contributed by atoms with E-state index in [9.17, 15) is 22.0 Å². The summed E-state index contributed by atoms with van der Waals surface area (Å²) in [6.07, 6.45) is -5.59. The Labute approximate surface area is 95.4 Å². The Balaban J connectivity index is 3.16. The largest absolute Gasteiger partial charge is 0.458 e. The summed E-state index contributed by atoms with van der Waals surface area (Å²) in [6.45, 7) is 1.84. The second-order valence-corrected chi connectivity index (χ2v) is 3.83. The first-order valence-corrected chi connectivity index (χ1v) is 4.95. The third kappa shape index (κ3) is 2.74. The maximum absolute atomic E-state index is 13.1. The van der Waals surface area contributed by atoms with Crippen molar-refractivity contribution in [2.45, 2.75) is 24.9 Å². The van der Waals surface area contributed by atoms with Crippen LogP contribution in [0.3, 0.4) is 0 Å². The van der Waals surface area contributed by atoms with E-state index in [0.717, 1.165) is 12.1 Å². The van der Waals surface area contributed by atoms with Crippen LogP contribution in [0.5, 0.6) is 0 Å². The Morgan fingerprint density at radius 3 is 2.24 bits per heavy atom. The number of rotatable bonds is 3. The summed E-state index contributed by atoms with van der Waals surface area (Å²) in [4.78, 5) is 0. The van der Waals surface area contributed by atoms with E-state index in [0.29, 0.717) is 5.56 Å². The smallest absolute Gasteiger partial charge is 0.330 e. The van der Waals surface area contributed by atoms with Crippen LogP contribution in [-0.2, 0) is 5.92 Å². The fourth-order valence-corrected chi connectivity index (χ4v) is 1.34. The lowest BCUT2D eigenvalue weighted by Crippen LogP contribution is -2.33. The SMILES string of the molecule is CC(CN)c1cccc(C(F)(F)C(F)(F)F)c1. The first-order valence-electron chi connectivity index (χ1n) is 4.95. The molecule has 2 N–H and O–H groups in total. The van der Waals surface area contributed by atoms with Crippen LogP contribution < -0.4 is 5.73 Å². The van der Waals surface area contributed by atoms with Gasteiger partial charge >= 0.3 is 12.1 Å². The predicted molar refractivity (Wildman–Crippen MR) is 53.9 cm³/mol. The number of benzene rings is 1. The molecule has 0 aromatic heterocycles. The molecular formula is C11H12F5N. The zero-order valence-corrected chi connectivity index (χ0v) is 9.06. The van der Waals surface area contributed by atoms with Gasteiger partial charge in [0.25, 0.3) is 0 Å². The third-order valence-corrected chi connectivity index (χ3v) is 2.53. The molecule has 1 unspecified atom stereocenters. The monoisotopic (exact) mass is 253 g/mol. The summed E-state index contributed by atoms with van der Waals surface area (Å²) in [6, 6.07) is 4.27. The molecule has 1 atom stereocenters. The van der Waals surface area contributed by atoms with Crippen molar-refractivity contribution in [2.24, 2.45) is 5.73 Å². The topological polar surface area (TPSA) is 26.0 Å². The third-order valence-electron chi connectivity index (χ3n) is 2.53. The number of hydrogen-bond donors (Lipinski definition) is 1. The Hall–Kier alpha value is -1.17. The molecule has 1 rings (SSSR count).